The van der Waals surface area contributed by atoms with Gasteiger partial charge in [-0.3, -0.25) is 9.89 Å². The number of nitrogens with one attached hydrogen (secondary N) is 2. The largest absolute Gasteiger partial charge is 0.494 e. The zero-order valence-electron chi connectivity index (χ0n) is 13.8. The summed E-state index contributed by atoms with van der Waals surface area (Å²) in [4.78, 5) is 12.3. The number of rotatable bonds is 6. The maximum atomic E-state index is 12.3. The van der Waals surface area contributed by atoms with Gasteiger partial charge in [-0.05, 0) is 42.8 Å². The molecule has 0 saturated carbocycles. The van der Waals surface area contributed by atoms with Crippen LogP contribution in [0.1, 0.15) is 23.0 Å². The van der Waals surface area contributed by atoms with Gasteiger partial charge < -0.3 is 10.1 Å². The SMILES string of the molecule is CCOc1ccc(CNC(=O)c2cc(-c3cccc(Cl)c3)n[nH]2)cc1. The summed E-state index contributed by atoms with van der Waals surface area (Å²) >= 11 is 5.99. The highest BCUT2D eigenvalue weighted by atomic mass is 35.5. The predicted octanol–water partition coefficient (Wildman–Crippen LogP) is 4.06. The van der Waals surface area contributed by atoms with Crippen LogP contribution in [-0.4, -0.2) is 22.7 Å². The van der Waals surface area contributed by atoms with E-state index in [1.54, 1.807) is 18.2 Å². The highest BCUT2D eigenvalue weighted by molar-refractivity contribution is 6.30. The number of aromatic amines is 1. The standard InChI is InChI=1S/C19H18ClN3O2/c1-2-25-16-8-6-13(7-9-16)12-21-19(24)18-11-17(22-23-18)14-4-3-5-15(20)10-14/h3-11H,2,12H2,1H3,(H,21,24)(H,22,23). The summed E-state index contributed by atoms with van der Waals surface area (Å²) in [6.07, 6.45) is 0. The van der Waals surface area contributed by atoms with E-state index in [1.165, 1.54) is 0 Å². The minimum Gasteiger partial charge on any atom is -0.494 e. The number of nitrogens with zero attached hydrogens (tertiary/aromatic N) is 1. The maximum absolute atomic E-state index is 12.3. The maximum Gasteiger partial charge on any atom is 0.269 e. The third-order valence-corrected chi connectivity index (χ3v) is 3.87. The van der Waals surface area contributed by atoms with Crippen molar-refractivity contribution >= 4 is 17.5 Å². The Hall–Kier alpha value is -2.79. The third kappa shape index (κ3) is 4.39. The number of carbonyl (C=O) groups excluding carboxylic acids is 1. The first-order chi connectivity index (χ1) is 12.2. The fourth-order valence-electron chi connectivity index (χ4n) is 2.38. The summed E-state index contributed by atoms with van der Waals surface area (Å²) in [6.45, 7) is 3.00. The van der Waals surface area contributed by atoms with Crippen molar-refractivity contribution in [3.8, 4) is 17.0 Å². The molecule has 6 heteroatoms. The Bertz CT molecular complexity index is 859. The van der Waals surface area contributed by atoms with Crippen molar-refractivity contribution in [3.63, 3.8) is 0 Å². The second kappa shape index (κ2) is 7.85. The van der Waals surface area contributed by atoms with Gasteiger partial charge in [0.25, 0.3) is 5.91 Å². The van der Waals surface area contributed by atoms with Crippen LogP contribution in [0.2, 0.25) is 5.02 Å². The molecule has 0 bridgehead atoms. The monoisotopic (exact) mass is 355 g/mol. The van der Waals surface area contributed by atoms with Gasteiger partial charge in [0.1, 0.15) is 11.4 Å². The molecule has 0 unspecified atom stereocenters. The average molecular weight is 356 g/mol. The predicted molar refractivity (Wildman–Crippen MR) is 97.8 cm³/mol. The molecule has 0 aliphatic rings. The van der Waals surface area contributed by atoms with E-state index < -0.39 is 0 Å². The van der Waals surface area contributed by atoms with Gasteiger partial charge in [-0.25, -0.2) is 0 Å². The molecule has 2 aromatic carbocycles. The number of halogens is 1. The highest BCUT2D eigenvalue weighted by Crippen LogP contribution is 2.21. The van der Waals surface area contributed by atoms with E-state index in [9.17, 15) is 4.79 Å². The van der Waals surface area contributed by atoms with Crippen LogP contribution >= 0.6 is 11.6 Å². The summed E-state index contributed by atoms with van der Waals surface area (Å²) in [7, 11) is 0. The van der Waals surface area contributed by atoms with Crippen molar-refractivity contribution in [2.75, 3.05) is 6.61 Å². The summed E-state index contributed by atoms with van der Waals surface area (Å²) in [5.74, 6) is 0.604. The molecule has 0 spiro atoms. The van der Waals surface area contributed by atoms with Crippen LogP contribution in [0.25, 0.3) is 11.3 Å². The molecular formula is C19H18ClN3O2. The second-order valence-electron chi connectivity index (χ2n) is 5.44. The lowest BCUT2D eigenvalue weighted by atomic mass is 10.1. The van der Waals surface area contributed by atoms with Gasteiger partial charge in [0.05, 0.1) is 12.3 Å². The topological polar surface area (TPSA) is 67.0 Å². The molecule has 3 rings (SSSR count). The fraction of sp³-hybridized carbons (Fsp3) is 0.158. The Morgan fingerprint density at radius 2 is 2.00 bits per heavy atom. The first kappa shape index (κ1) is 17.0. The zero-order valence-corrected chi connectivity index (χ0v) is 14.5. The van der Waals surface area contributed by atoms with Gasteiger partial charge in [0.15, 0.2) is 0 Å². The number of ether oxygens (including phenoxy) is 1. The van der Waals surface area contributed by atoms with E-state index in [2.05, 4.69) is 15.5 Å². The third-order valence-electron chi connectivity index (χ3n) is 3.63. The summed E-state index contributed by atoms with van der Waals surface area (Å²) in [5, 5.41) is 10.4. The van der Waals surface area contributed by atoms with Gasteiger partial charge >= 0.3 is 0 Å². The lowest BCUT2D eigenvalue weighted by Crippen LogP contribution is -2.23. The molecule has 0 fully saturated rings. The van der Waals surface area contributed by atoms with Crippen LogP contribution in [0, 0.1) is 0 Å². The van der Waals surface area contributed by atoms with E-state index in [1.807, 2.05) is 43.3 Å². The number of amides is 1. The number of hydrogen-bond donors (Lipinski definition) is 2. The molecular weight excluding hydrogens is 338 g/mol. The molecule has 5 nitrogen and oxygen atoms in total. The van der Waals surface area contributed by atoms with Crippen LogP contribution in [0.5, 0.6) is 5.75 Å². The number of hydrogen-bond acceptors (Lipinski definition) is 3. The molecule has 0 radical (unpaired) electrons. The van der Waals surface area contributed by atoms with Crippen LogP contribution in [0.15, 0.2) is 54.6 Å². The zero-order chi connectivity index (χ0) is 17.6. The lowest BCUT2D eigenvalue weighted by molar-refractivity contribution is 0.0946. The molecule has 25 heavy (non-hydrogen) atoms. The Morgan fingerprint density at radius 1 is 1.20 bits per heavy atom. The number of H-pyrrole nitrogens is 1. The van der Waals surface area contributed by atoms with E-state index in [0.29, 0.717) is 29.6 Å². The number of benzene rings is 2. The fourth-order valence-corrected chi connectivity index (χ4v) is 2.57. The van der Waals surface area contributed by atoms with Gasteiger partial charge in [0.2, 0.25) is 0 Å². The Kier molecular flexibility index (Phi) is 5.36. The summed E-state index contributed by atoms with van der Waals surface area (Å²) < 4.78 is 5.40. The summed E-state index contributed by atoms with van der Waals surface area (Å²) in [6, 6.07) is 16.7. The van der Waals surface area contributed by atoms with Crippen LogP contribution in [0.4, 0.5) is 0 Å². The first-order valence-corrected chi connectivity index (χ1v) is 8.35. The molecule has 1 heterocycles. The highest BCUT2D eigenvalue weighted by Gasteiger charge is 2.11. The van der Waals surface area contributed by atoms with Gasteiger partial charge in [-0.15, -0.1) is 0 Å². The molecule has 0 aliphatic heterocycles. The van der Waals surface area contributed by atoms with Crippen LogP contribution in [-0.2, 0) is 6.54 Å². The molecule has 1 amide bonds. The van der Waals surface area contributed by atoms with Crippen molar-refractivity contribution in [2.24, 2.45) is 0 Å². The van der Waals surface area contributed by atoms with Crippen molar-refractivity contribution in [2.45, 2.75) is 13.5 Å². The van der Waals surface area contributed by atoms with Crippen molar-refractivity contribution < 1.29 is 9.53 Å². The van der Waals surface area contributed by atoms with Gasteiger partial charge in [-0.2, -0.15) is 5.10 Å². The number of carbonyl (C=O) groups is 1. The van der Waals surface area contributed by atoms with E-state index in [0.717, 1.165) is 16.9 Å². The molecule has 128 valence electrons. The van der Waals surface area contributed by atoms with Crippen molar-refractivity contribution in [1.82, 2.24) is 15.5 Å². The van der Waals surface area contributed by atoms with E-state index in [4.69, 9.17) is 16.3 Å². The average Bonchev–Trinajstić information content (AvgIpc) is 3.11. The van der Waals surface area contributed by atoms with E-state index >= 15 is 0 Å². The number of aromatic nitrogens is 2. The quantitative estimate of drug-likeness (QED) is 0.700. The normalized spacial score (nSPS) is 10.5. The van der Waals surface area contributed by atoms with Gasteiger partial charge in [-0.1, -0.05) is 35.9 Å². The van der Waals surface area contributed by atoms with Crippen molar-refractivity contribution in [1.29, 1.82) is 0 Å². The molecule has 0 atom stereocenters. The minimum atomic E-state index is -0.213. The Morgan fingerprint density at radius 3 is 2.72 bits per heavy atom. The summed E-state index contributed by atoms with van der Waals surface area (Å²) in [5.41, 5.74) is 2.93. The second-order valence-corrected chi connectivity index (χ2v) is 5.87. The van der Waals surface area contributed by atoms with Crippen molar-refractivity contribution in [3.05, 3.63) is 70.9 Å². The first-order valence-electron chi connectivity index (χ1n) is 7.97. The van der Waals surface area contributed by atoms with Gasteiger partial charge in [0, 0.05) is 17.1 Å². The molecule has 3 aromatic rings. The van der Waals surface area contributed by atoms with Crippen LogP contribution < -0.4 is 10.1 Å². The Balaban J connectivity index is 1.62. The van der Waals surface area contributed by atoms with E-state index in [-0.39, 0.29) is 5.91 Å². The Labute approximate surface area is 151 Å². The van der Waals surface area contributed by atoms with Crippen LogP contribution in [0.3, 0.4) is 0 Å². The minimum absolute atomic E-state index is 0.213. The molecule has 0 aliphatic carbocycles. The smallest absolute Gasteiger partial charge is 0.269 e. The lowest BCUT2D eigenvalue weighted by Gasteiger charge is -2.06. The molecule has 1 aromatic heterocycles. The molecule has 2 N–H and O–H groups in total. The molecule has 0 saturated heterocycles.